The second-order valence-corrected chi connectivity index (χ2v) is 10.9. The van der Waals surface area contributed by atoms with Crippen molar-refractivity contribution in [1.82, 2.24) is 10.3 Å². The van der Waals surface area contributed by atoms with Crippen LogP contribution in [0.2, 0.25) is 0 Å². The third-order valence-corrected chi connectivity index (χ3v) is 7.92. The smallest absolute Gasteiger partial charge is 0.328 e. The molecule has 7 nitrogen and oxygen atoms in total. The number of aliphatic carboxylic acids is 1. The van der Waals surface area contributed by atoms with Gasteiger partial charge in [-0.2, -0.15) is 0 Å². The van der Waals surface area contributed by atoms with Crippen molar-refractivity contribution in [3.05, 3.63) is 83.3 Å². The molecule has 4 rings (SSSR count). The number of nitrogens with two attached hydrogens (primary N) is 1. The van der Waals surface area contributed by atoms with Gasteiger partial charge < -0.3 is 26.5 Å². The van der Waals surface area contributed by atoms with Crippen LogP contribution in [0, 0.1) is 0 Å². The molecule has 0 aliphatic carbocycles. The molecule has 0 amide bonds. The molecule has 5 N–H and O–H groups in total. The predicted molar refractivity (Wildman–Crippen MR) is 165 cm³/mol. The highest BCUT2D eigenvalue weighted by atomic mass is 16.4. The Morgan fingerprint density at radius 1 is 1.05 bits per heavy atom. The number of hydrogen-bond acceptors (Lipinski definition) is 4. The van der Waals surface area contributed by atoms with Crippen LogP contribution in [-0.2, 0) is 4.79 Å². The summed E-state index contributed by atoms with van der Waals surface area (Å²) < 4.78 is 0. The van der Waals surface area contributed by atoms with Crippen LogP contribution < -0.4 is 11.1 Å². The van der Waals surface area contributed by atoms with Crippen LogP contribution in [0.5, 0.6) is 0 Å². The van der Waals surface area contributed by atoms with Gasteiger partial charge in [-0.3, -0.25) is 4.99 Å². The van der Waals surface area contributed by atoms with Crippen molar-refractivity contribution in [3.63, 3.8) is 0 Å². The number of hydrogen-bond donors (Lipinski definition) is 4. The van der Waals surface area contributed by atoms with E-state index in [0.29, 0.717) is 24.8 Å². The number of unbranched alkanes of at least 4 members (excludes halogenated alkanes) is 5. The Kier molecular flexibility index (Phi) is 11.1. The number of fused-ring (bicyclic) bond motifs is 1. The zero-order valence-corrected chi connectivity index (χ0v) is 23.7. The Morgan fingerprint density at radius 3 is 2.60 bits per heavy atom. The standard InChI is InChI=1S/C33H44N5O2/c1-2-3-4-5-6-7-11-25(27-16-15-24-12-8-9-13-26(24)22-27)17-18-29(37-31-14-10-20-35-31)28(23-32(39)40)30-19-21-36-33(34)38-30/h8-10,12-16,20,22-23,25,29-30,35H,2-7,11,17-19,21H2,1H3,(H,39,40)(H3,34,36,38)/q-1/b28-23-/t25-,29-,30-/m1/s1. The molecule has 0 radical (unpaired) electrons. The summed E-state index contributed by atoms with van der Waals surface area (Å²) in [5, 5.41) is 20.5. The summed E-state index contributed by atoms with van der Waals surface area (Å²) in [4.78, 5) is 19.4. The van der Waals surface area contributed by atoms with Crippen molar-refractivity contribution < 1.29 is 9.90 Å². The van der Waals surface area contributed by atoms with Crippen molar-refractivity contribution in [2.75, 3.05) is 6.54 Å². The molecule has 0 bridgehead atoms. The van der Waals surface area contributed by atoms with Crippen LogP contribution in [0.4, 0.5) is 5.82 Å². The molecule has 1 aliphatic rings. The topological polar surface area (TPSA) is 118 Å². The number of aromatic nitrogens is 1. The SMILES string of the molecule is CCCCCCCC[C@H](CC[C@@H]([N-]c1ccc[nH]1)/C(=C/C(=O)O)[C@H]1CCN=C(N)N1)c1ccc2ccccc2c1. The number of rotatable bonds is 16. The highest BCUT2D eigenvalue weighted by Crippen LogP contribution is 2.35. The van der Waals surface area contributed by atoms with Gasteiger partial charge >= 0.3 is 5.97 Å². The Morgan fingerprint density at radius 2 is 1.85 bits per heavy atom. The van der Waals surface area contributed by atoms with Gasteiger partial charge in [0.25, 0.3) is 0 Å². The lowest BCUT2D eigenvalue weighted by atomic mass is 9.84. The van der Waals surface area contributed by atoms with E-state index < -0.39 is 5.97 Å². The van der Waals surface area contributed by atoms with Crippen molar-refractivity contribution in [2.24, 2.45) is 10.7 Å². The molecule has 2 aromatic carbocycles. The highest BCUT2D eigenvalue weighted by molar-refractivity contribution is 5.84. The average Bonchev–Trinajstić information content (AvgIpc) is 3.47. The molecular weight excluding hydrogens is 498 g/mol. The van der Waals surface area contributed by atoms with Crippen LogP contribution in [0.1, 0.15) is 82.6 Å². The molecule has 3 aromatic rings. The first kappa shape index (κ1) is 29.2. The fourth-order valence-corrected chi connectivity index (χ4v) is 5.78. The van der Waals surface area contributed by atoms with Gasteiger partial charge in [0.2, 0.25) is 0 Å². The molecule has 1 aromatic heterocycles. The Hall–Kier alpha value is -3.74. The largest absolute Gasteiger partial charge is 0.478 e. The molecule has 0 fully saturated rings. The van der Waals surface area contributed by atoms with Gasteiger partial charge in [0.15, 0.2) is 5.96 Å². The van der Waals surface area contributed by atoms with Crippen LogP contribution in [0.3, 0.4) is 0 Å². The number of nitrogens with one attached hydrogen (secondary N) is 2. The van der Waals surface area contributed by atoms with Gasteiger partial charge in [0.05, 0.1) is 6.04 Å². The Balaban J connectivity index is 1.56. The van der Waals surface area contributed by atoms with E-state index in [0.717, 1.165) is 30.7 Å². The summed E-state index contributed by atoms with van der Waals surface area (Å²) in [5.74, 6) is 0.497. The van der Waals surface area contributed by atoms with Gasteiger partial charge in [0, 0.05) is 12.6 Å². The maximum atomic E-state index is 12.0. The molecule has 3 atom stereocenters. The number of benzene rings is 2. The minimum Gasteiger partial charge on any atom is -0.478 e. The minimum atomic E-state index is -0.970. The lowest BCUT2D eigenvalue weighted by molar-refractivity contribution is -0.131. The van der Waals surface area contributed by atoms with E-state index in [4.69, 9.17) is 11.1 Å². The first-order valence-corrected chi connectivity index (χ1v) is 14.9. The van der Waals surface area contributed by atoms with Crippen molar-refractivity contribution in [3.8, 4) is 0 Å². The van der Waals surface area contributed by atoms with E-state index in [1.54, 1.807) is 0 Å². The number of aliphatic imine (C=N–C) groups is 1. The first-order valence-electron chi connectivity index (χ1n) is 14.9. The first-order chi connectivity index (χ1) is 19.5. The molecule has 214 valence electrons. The summed E-state index contributed by atoms with van der Waals surface area (Å²) in [6, 6.07) is 18.7. The van der Waals surface area contributed by atoms with Crippen LogP contribution >= 0.6 is 0 Å². The number of carbonyl (C=O) groups is 1. The fraction of sp³-hybridized carbons (Fsp3) is 0.455. The minimum absolute atomic E-state index is 0.213. The van der Waals surface area contributed by atoms with Crippen LogP contribution in [-0.4, -0.2) is 40.6 Å². The molecule has 0 unspecified atom stereocenters. The number of nitrogens with zero attached hydrogens (tertiary/aromatic N) is 2. The molecule has 0 saturated heterocycles. The number of H-pyrrole nitrogens is 1. The van der Waals surface area contributed by atoms with Crippen molar-refractivity contribution in [2.45, 2.75) is 89.1 Å². The van der Waals surface area contributed by atoms with Gasteiger partial charge in [-0.25, -0.2) is 4.79 Å². The lowest BCUT2D eigenvalue weighted by Crippen LogP contribution is -2.46. The van der Waals surface area contributed by atoms with E-state index in [2.05, 4.69) is 64.7 Å². The number of guanidine groups is 1. The Labute approximate surface area is 238 Å². The zero-order chi connectivity index (χ0) is 28.2. The molecule has 40 heavy (non-hydrogen) atoms. The average molecular weight is 543 g/mol. The molecule has 0 saturated carbocycles. The van der Waals surface area contributed by atoms with Crippen LogP contribution in [0.25, 0.3) is 16.1 Å². The quantitative estimate of drug-likeness (QED) is 0.110. The maximum Gasteiger partial charge on any atom is 0.328 e. The summed E-state index contributed by atoms with van der Waals surface area (Å²) in [5.41, 5.74) is 8.10. The summed E-state index contributed by atoms with van der Waals surface area (Å²) >= 11 is 0. The normalized spacial score (nSPS) is 17.2. The zero-order valence-electron chi connectivity index (χ0n) is 23.7. The molecule has 2 heterocycles. The van der Waals surface area contributed by atoms with Crippen molar-refractivity contribution >= 4 is 28.5 Å². The van der Waals surface area contributed by atoms with Gasteiger partial charge in [-0.15, -0.1) is 0 Å². The second kappa shape index (κ2) is 15.2. The van der Waals surface area contributed by atoms with Gasteiger partial charge in [-0.1, -0.05) is 112 Å². The second-order valence-electron chi connectivity index (χ2n) is 10.9. The fourth-order valence-electron chi connectivity index (χ4n) is 5.78. The highest BCUT2D eigenvalue weighted by Gasteiger charge is 2.25. The third-order valence-electron chi connectivity index (χ3n) is 7.92. The predicted octanol–water partition coefficient (Wildman–Crippen LogP) is 7.54. The Bertz CT molecular complexity index is 1270. The van der Waals surface area contributed by atoms with Gasteiger partial charge in [0.1, 0.15) is 0 Å². The lowest BCUT2D eigenvalue weighted by Gasteiger charge is -2.35. The van der Waals surface area contributed by atoms with E-state index in [9.17, 15) is 9.90 Å². The number of carboxylic acids is 1. The summed E-state index contributed by atoms with van der Waals surface area (Å²) in [7, 11) is 0. The van der Waals surface area contributed by atoms with Crippen LogP contribution in [0.15, 0.2) is 77.4 Å². The van der Waals surface area contributed by atoms with Crippen molar-refractivity contribution in [1.29, 1.82) is 0 Å². The van der Waals surface area contributed by atoms with E-state index in [1.807, 2.05) is 18.3 Å². The van der Waals surface area contributed by atoms with E-state index in [1.165, 1.54) is 60.9 Å². The monoisotopic (exact) mass is 542 g/mol. The molecule has 0 spiro atoms. The van der Waals surface area contributed by atoms with E-state index in [-0.39, 0.29) is 12.1 Å². The third kappa shape index (κ3) is 8.63. The summed E-state index contributed by atoms with van der Waals surface area (Å²) in [6.07, 6.45) is 14.2. The maximum absolute atomic E-state index is 12.0. The van der Waals surface area contributed by atoms with E-state index >= 15 is 0 Å². The van der Waals surface area contributed by atoms with Gasteiger partial charge in [-0.05, 0) is 59.6 Å². The molecule has 1 aliphatic heterocycles. The molecular formula is C33H44N5O2-. The molecule has 7 heteroatoms. The summed E-state index contributed by atoms with van der Waals surface area (Å²) in [6.45, 7) is 2.81. The number of aromatic amines is 1. The number of carboxylic acid groups (broad SMARTS) is 1.